The van der Waals surface area contributed by atoms with Crippen LogP contribution in [0.15, 0.2) is 17.8 Å². The van der Waals surface area contributed by atoms with E-state index in [4.69, 9.17) is 5.73 Å². The highest BCUT2D eigenvalue weighted by Crippen LogP contribution is 2.18. The third-order valence-electron chi connectivity index (χ3n) is 2.20. The van der Waals surface area contributed by atoms with Crippen molar-refractivity contribution in [2.75, 3.05) is 12.0 Å². The summed E-state index contributed by atoms with van der Waals surface area (Å²) in [5, 5.41) is 4.83. The van der Waals surface area contributed by atoms with E-state index in [0.29, 0.717) is 22.1 Å². The molecule has 0 aliphatic heterocycles. The lowest BCUT2D eigenvalue weighted by Crippen LogP contribution is -2.05. The normalized spacial score (nSPS) is 11.1. The Kier molecular flexibility index (Phi) is 2.18. The van der Waals surface area contributed by atoms with Gasteiger partial charge in [0.2, 0.25) is 11.1 Å². The minimum atomic E-state index is 0.281. The van der Waals surface area contributed by atoms with Crippen LogP contribution in [0.25, 0.3) is 17.0 Å². The lowest BCUT2D eigenvalue weighted by atomic mass is 10.5. The highest BCUT2D eigenvalue weighted by atomic mass is 32.2. The quantitative estimate of drug-likeness (QED) is 0.624. The SMILES string of the molecule is CSc1nc(N)n(-c2ncnc3nc[nH]c23)n1. The summed E-state index contributed by atoms with van der Waals surface area (Å²) in [6, 6.07) is 0. The molecule has 0 amide bonds. The highest BCUT2D eigenvalue weighted by molar-refractivity contribution is 7.98. The molecule has 86 valence electrons. The van der Waals surface area contributed by atoms with Gasteiger partial charge >= 0.3 is 0 Å². The van der Waals surface area contributed by atoms with Crippen LogP contribution in [0, 0.1) is 0 Å². The van der Waals surface area contributed by atoms with Gasteiger partial charge in [0.1, 0.15) is 11.8 Å². The number of H-pyrrole nitrogens is 1. The molecule has 0 fully saturated rings. The minimum Gasteiger partial charge on any atom is -0.368 e. The van der Waals surface area contributed by atoms with Crippen molar-refractivity contribution in [1.29, 1.82) is 0 Å². The molecule has 0 spiro atoms. The van der Waals surface area contributed by atoms with E-state index in [-0.39, 0.29) is 5.95 Å². The van der Waals surface area contributed by atoms with Crippen LogP contribution >= 0.6 is 11.8 Å². The second kappa shape index (κ2) is 3.70. The van der Waals surface area contributed by atoms with Crippen LogP contribution < -0.4 is 5.73 Å². The van der Waals surface area contributed by atoms with Crippen molar-refractivity contribution in [1.82, 2.24) is 34.7 Å². The molecular weight excluding hydrogens is 240 g/mol. The maximum Gasteiger partial charge on any atom is 0.225 e. The number of hydrogen-bond acceptors (Lipinski definition) is 7. The van der Waals surface area contributed by atoms with Crippen LogP contribution in [0.2, 0.25) is 0 Å². The summed E-state index contributed by atoms with van der Waals surface area (Å²) in [5.41, 5.74) is 7.03. The maximum atomic E-state index is 5.79. The van der Waals surface area contributed by atoms with E-state index in [2.05, 4.69) is 30.0 Å². The predicted molar refractivity (Wildman–Crippen MR) is 62.8 cm³/mol. The summed E-state index contributed by atoms with van der Waals surface area (Å²) in [5.74, 6) is 0.821. The maximum absolute atomic E-state index is 5.79. The summed E-state index contributed by atoms with van der Waals surface area (Å²) in [6.45, 7) is 0. The smallest absolute Gasteiger partial charge is 0.225 e. The van der Waals surface area contributed by atoms with Gasteiger partial charge in [-0.2, -0.15) is 9.67 Å². The molecule has 0 saturated heterocycles. The third-order valence-corrected chi connectivity index (χ3v) is 2.74. The number of aromatic amines is 1. The Bertz CT molecular complexity index is 671. The topological polar surface area (TPSA) is 111 Å². The molecule has 3 rings (SSSR count). The molecule has 0 aliphatic rings. The molecule has 9 heteroatoms. The van der Waals surface area contributed by atoms with Crippen LogP contribution in [0.5, 0.6) is 0 Å². The first-order valence-corrected chi connectivity index (χ1v) is 5.93. The van der Waals surface area contributed by atoms with Gasteiger partial charge in [-0.3, -0.25) is 0 Å². The summed E-state index contributed by atoms with van der Waals surface area (Å²) in [4.78, 5) is 19.3. The molecule has 17 heavy (non-hydrogen) atoms. The van der Waals surface area contributed by atoms with Crippen molar-refractivity contribution in [3.8, 4) is 5.82 Å². The molecule has 0 aromatic carbocycles. The zero-order valence-electron chi connectivity index (χ0n) is 8.82. The summed E-state index contributed by atoms with van der Waals surface area (Å²) >= 11 is 1.41. The second-order valence-electron chi connectivity index (χ2n) is 3.17. The molecule has 3 aromatic rings. The molecule has 0 atom stereocenters. The third kappa shape index (κ3) is 1.51. The Morgan fingerprint density at radius 2 is 2.24 bits per heavy atom. The van der Waals surface area contributed by atoms with E-state index in [9.17, 15) is 0 Å². The number of anilines is 1. The monoisotopic (exact) mass is 248 g/mol. The average molecular weight is 248 g/mol. The van der Waals surface area contributed by atoms with E-state index in [0.717, 1.165) is 0 Å². The van der Waals surface area contributed by atoms with E-state index in [1.54, 1.807) is 6.33 Å². The number of nitrogens with zero attached hydrogens (tertiary/aromatic N) is 6. The Morgan fingerprint density at radius 1 is 1.35 bits per heavy atom. The number of nitrogen functional groups attached to an aromatic ring is 1. The van der Waals surface area contributed by atoms with E-state index in [1.165, 1.54) is 22.8 Å². The largest absolute Gasteiger partial charge is 0.368 e. The fraction of sp³-hybridized carbons (Fsp3) is 0.125. The van der Waals surface area contributed by atoms with Crippen LogP contribution in [0.1, 0.15) is 0 Å². The summed E-state index contributed by atoms with van der Waals surface area (Å²) in [7, 11) is 0. The summed E-state index contributed by atoms with van der Waals surface area (Å²) < 4.78 is 1.47. The van der Waals surface area contributed by atoms with Gasteiger partial charge in [0.05, 0.1) is 6.33 Å². The lowest BCUT2D eigenvalue weighted by molar-refractivity contribution is 0.818. The molecule has 0 unspecified atom stereocenters. The van der Waals surface area contributed by atoms with Crippen molar-refractivity contribution in [3.63, 3.8) is 0 Å². The van der Waals surface area contributed by atoms with Gasteiger partial charge in [-0.05, 0) is 6.26 Å². The van der Waals surface area contributed by atoms with Gasteiger partial charge in [0.15, 0.2) is 11.5 Å². The zero-order valence-corrected chi connectivity index (χ0v) is 9.64. The molecule has 0 saturated carbocycles. The Hall–Kier alpha value is -2.16. The Morgan fingerprint density at radius 3 is 3.00 bits per heavy atom. The van der Waals surface area contributed by atoms with Crippen LogP contribution in [-0.2, 0) is 0 Å². The average Bonchev–Trinajstić information content (AvgIpc) is 2.94. The van der Waals surface area contributed by atoms with Crippen molar-refractivity contribution < 1.29 is 0 Å². The first kappa shape index (κ1) is 10.0. The molecule has 0 radical (unpaired) electrons. The van der Waals surface area contributed by atoms with E-state index in [1.807, 2.05) is 6.26 Å². The van der Waals surface area contributed by atoms with Crippen LogP contribution in [0.3, 0.4) is 0 Å². The number of thioether (sulfide) groups is 1. The molecule has 8 nitrogen and oxygen atoms in total. The first-order chi connectivity index (χ1) is 8.29. The van der Waals surface area contributed by atoms with Crippen molar-refractivity contribution in [3.05, 3.63) is 12.7 Å². The molecular formula is C8H8N8S. The molecule has 3 aromatic heterocycles. The van der Waals surface area contributed by atoms with Crippen molar-refractivity contribution >= 4 is 28.9 Å². The number of hydrogen-bond donors (Lipinski definition) is 2. The van der Waals surface area contributed by atoms with Gasteiger partial charge < -0.3 is 10.7 Å². The molecule has 3 heterocycles. The number of rotatable bonds is 2. The van der Waals surface area contributed by atoms with Gasteiger partial charge in [0, 0.05) is 0 Å². The van der Waals surface area contributed by atoms with Gasteiger partial charge in [-0.1, -0.05) is 11.8 Å². The first-order valence-electron chi connectivity index (χ1n) is 4.70. The summed E-state index contributed by atoms with van der Waals surface area (Å²) in [6.07, 6.45) is 4.84. The number of fused-ring (bicyclic) bond motifs is 1. The second-order valence-corrected chi connectivity index (χ2v) is 3.94. The van der Waals surface area contributed by atoms with Crippen molar-refractivity contribution in [2.24, 2.45) is 0 Å². The van der Waals surface area contributed by atoms with Crippen molar-refractivity contribution in [2.45, 2.75) is 5.16 Å². The van der Waals surface area contributed by atoms with Crippen LogP contribution in [-0.4, -0.2) is 41.0 Å². The number of nitrogens with one attached hydrogen (secondary N) is 1. The van der Waals surface area contributed by atoms with Crippen LogP contribution in [0.4, 0.5) is 5.95 Å². The minimum absolute atomic E-state index is 0.281. The predicted octanol–water partition coefficient (Wildman–Crippen LogP) is 0.238. The fourth-order valence-electron chi connectivity index (χ4n) is 1.46. The van der Waals surface area contributed by atoms with E-state index < -0.39 is 0 Å². The molecule has 3 N–H and O–H groups in total. The van der Waals surface area contributed by atoms with Gasteiger partial charge in [-0.15, -0.1) is 5.10 Å². The van der Waals surface area contributed by atoms with Gasteiger partial charge in [0.25, 0.3) is 0 Å². The number of nitrogens with two attached hydrogens (primary N) is 1. The number of imidazole rings is 1. The lowest BCUT2D eigenvalue weighted by Gasteiger charge is -2.01. The molecule has 0 bridgehead atoms. The number of aromatic nitrogens is 7. The highest BCUT2D eigenvalue weighted by Gasteiger charge is 2.13. The van der Waals surface area contributed by atoms with E-state index >= 15 is 0 Å². The zero-order chi connectivity index (χ0) is 11.8. The fourth-order valence-corrected chi connectivity index (χ4v) is 1.81. The Labute approximate surface area is 99.7 Å². The standard InChI is InChI=1S/C8H8N8S/c1-17-8-14-7(9)16(15-8)6-4-5(11-2-10-4)12-3-13-6/h2-3H,1H3,(H2,9,14,15)(H,10,11,12,13). The molecule has 0 aliphatic carbocycles. The van der Waals surface area contributed by atoms with Gasteiger partial charge in [-0.25, -0.2) is 15.0 Å². The Balaban J connectivity index is 2.26.